The van der Waals surface area contributed by atoms with E-state index in [2.05, 4.69) is 19.2 Å². The van der Waals surface area contributed by atoms with Gasteiger partial charge in [0.05, 0.1) is 6.10 Å². The molecule has 0 aromatic rings. The minimum atomic E-state index is -0.199. The predicted molar refractivity (Wildman–Crippen MR) is 65.5 cm³/mol. The number of hydrogen-bond donors (Lipinski definition) is 3. The summed E-state index contributed by atoms with van der Waals surface area (Å²) in [4.78, 5) is 0. The first-order chi connectivity index (χ1) is 6.68. The lowest BCUT2D eigenvalue weighted by molar-refractivity contribution is 0.184. The van der Waals surface area contributed by atoms with Crippen molar-refractivity contribution in [1.29, 1.82) is 0 Å². The summed E-state index contributed by atoms with van der Waals surface area (Å²) in [7, 11) is 0. The summed E-state index contributed by atoms with van der Waals surface area (Å²) in [6.45, 7) is 12.4. The Morgan fingerprint density at radius 1 is 1.21 bits per heavy atom. The maximum Gasteiger partial charge on any atom is 0.0524 e. The second-order valence-corrected chi connectivity index (χ2v) is 2.88. The second-order valence-electron chi connectivity index (χ2n) is 2.88. The fourth-order valence-electron chi connectivity index (χ4n) is 0.538. The quantitative estimate of drug-likeness (QED) is 0.601. The van der Waals surface area contributed by atoms with Gasteiger partial charge in [-0.15, -0.1) is 0 Å². The molecule has 0 unspecified atom stereocenters. The highest BCUT2D eigenvalue weighted by Gasteiger charge is 1.92. The Kier molecular flexibility index (Phi) is 32.0. The van der Waals surface area contributed by atoms with E-state index < -0.39 is 0 Å². The predicted octanol–water partition coefficient (Wildman–Crippen LogP) is 1.75. The standard InChI is InChI=1S/C6H16N2O.C3H8.C2H6/c1-6(9)2-4-8-5-3-7;1-3-2;1-2/h6,8-9H,2-5,7H2,1H3;3H2,1-2H3;1-2H3/t6-;;/m0../s1. The van der Waals surface area contributed by atoms with E-state index in [0.717, 1.165) is 19.5 Å². The molecular weight excluding hydrogens is 176 g/mol. The van der Waals surface area contributed by atoms with Gasteiger partial charge in [0, 0.05) is 13.1 Å². The molecule has 1 atom stereocenters. The van der Waals surface area contributed by atoms with Crippen molar-refractivity contribution in [2.24, 2.45) is 5.73 Å². The average Bonchev–Trinajstić information content (AvgIpc) is 2.17. The van der Waals surface area contributed by atoms with E-state index in [1.54, 1.807) is 6.92 Å². The van der Waals surface area contributed by atoms with Gasteiger partial charge in [0.2, 0.25) is 0 Å². The van der Waals surface area contributed by atoms with E-state index in [1.165, 1.54) is 6.42 Å². The van der Waals surface area contributed by atoms with Crippen molar-refractivity contribution >= 4 is 0 Å². The molecule has 0 aliphatic carbocycles. The van der Waals surface area contributed by atoms with Crippen LogP contribution in [0.15, 0.2) is 0 Å². The number of aliphatic hydroxyl groups excluding tert-OH is 1. The molecule has 4 N–H and O–H groups in total. The molecule has 0 aliphatic heterocycles. The lowest BCUT2D eigenvalue weighted by atomic mass is 10.3. The number of rotatable bonds is 5. The van der Waals surface area contributed by atoms with Crippen LogP contribution in [0.5, 0.6) is 0 Å². The molecule has 0 spiro atoms. The van der Waals surface area contributed by atoms with E-state index in [4.69, 9.17) is 10.8 Å². The van der Waals surface area contributed by atoms with Gasteiger partial charge in [0.1, 0.15) is 0 Å². The maximum atomic E-state index is 8.78. The van der Waals surface area contributed by atoms with Crippen LogP contribution in [0.2, 0.25) is 0 Å². The molecule has 0 rings (SSSR count). The Morgan fingerprint density at radius 3 is 1.93 bits per heavy atom. The molecule has 0 amide bonds. The summed E-state index contributed by atoms with van der Waals surface area (Å²) in [6.07, 6.45) is 1.86. The third kappa shape index (κ3) is 40.7. The third-order valence-electron chi connectivity index (χ3n) is 1.06. The molecule has 0 aromatic heterocycles. The number of nitrogens with one attached hydrogen (secondary N) is 1. The van der Waals surface area contributed by atoms with Crippen LogP contribution < -0.4 is 11.1 Å². The molecule has 0 fully saturated rings. The van der Waals surface area contributed by atoms with E-state index in [1.807, 2.05) is 13.8 Å². The highest BCUT2D eigenvalue weighted by atomic mass is 16.3. The Morgan fingerprint density at radius 2 is 1.64 bits per heavy atom. The topological polar surface area (TPSA) is 58.3 Å². The van der Waals surface area contributed by atoms with Gasteiger partial charge in [-0.1, -0.05) is 34.1 Å². The third-order valence-corrected chi connectivity index (χ3v) is 1.06. The summed E-state index contributed by atoms with van der Waals surface area (Å²) in [5, 5.41) is 11.9. The van der Waals surface area contributed by atoms with Crippen LogP contribution in [-0.4, -0.2) is 30.8 Å². The highest BCUT2D eigenvalue weighted by Crippen LogP contribution is 1.84. The normalized spacial score (nSPS) is 10.5. The number of aliphatic hydroxyl groups is 1. The van der Waals surface area contributed by atoms with Crippen molar-refractivity contribution in [2.75, 3.05) is 19.6 Å². The first-order valence-electron chi connectivity index (χ1n) is 5.77. The van der Waals surface area contributed by atoms with Crippen molar-refractivity contribution in [3.8, 4) is 0 Å². The molecule has 0 bridgehead atoms. The minimum Gasteiger partial charge on any atom is -0.393 e. The first-order valence-corrected chi connectivity index (χ1v) is 5.77. The monoisotopic (exact) mass is 206 g/mol. The Balaban J connectivity index is -0.000000205. The minimum absolute atomic E-state index is 0.199. The van der Waals surface area contributed by atoms with Gasteiger partial charge in [-0.05, 0) is 19.9 Å². The number of nitrogens with two attached hydrogens (primary N) is 1. The second kappa shape index (κ2) is 23.1. The lowest BCUT2D eigenvalue weighted by Crippen LogP contribution is -2.25. The van der Waals surface area contributed by atoms with Crippen molar-refractivity contribution in [2.45, 2.75) is 53.6 Å². The van der Waals surface area contributed by atoms with Crippen LogP contribution in [0, 0.1) is 0 Å². The van der Waals surface area contributed by atoms with Gasteiger partial charge in [0.15, 0.2) is 0 Å². The fraction of sp³-hybridized carbons (Fsp3) is 1.00. The number of hydrogen-bond acceptors (Lipinski definition) is 3. The SMILES string of the molecule is CC.CCC.C[C@H](O)CCNCCN. The first kappa shape index (κ1) is 19.5. The van der Waals surface area contributed by atoms with Gasteiger partial charge in [-0.25, -0.2) is 0 Å². The van der Waals surface area contributed by atoms with E-state index in [-0.39, 0.29) is 6.10 Å². The molecular formula is C11H30N2O. The van der Waals surface area contributed by atoms with Crippen molar-refractivity contribution in [3.63, 3.8) is 0 Å². The summed E-state index contributed by atoms with van der Waals surface area (Å²) >= 11 is 0. The Hall–Kier alpha value is -0.120. The molecule has 14 heavy (non-hydrogen) atoms. The summed E-state index contributed by atoms with van der Waals surface area (Å²) in [5.74, 6) is 0. The smallest absolute Gasteiger partial charge is 0.0524 e. The zero-order valence-electron chi connectivity index (χ0n) is 10.6. The largest absolute Gasteiger partial charge is 0.393 e. The molecule has 0 aromatic carbocycles. The van der Waals surface area contributed by atoms with Gasteiger partial charge in [-0.2, -0.15) is 0 Å². The average molecular weight is 206 g/mol. The summed E-state index contributed by atoms with van der Waals surface area (Å²) < 4.78 is 0. The molecule has 0 aliphatic rings. The molecule has 3 heteroatoms. The van der Waals surface area contributed by atoms with Crippen molar-refractivity contribution in [3.05, 3.63) is 0 Å². The zero-order chi connectivity index (χ0) is 11.8. The fourth-order valence-corrected chi connectivity index (χ4v) is 0.538. The summed E-state index contributed by atoms with van der Waals surface area (Å²) in [5.41, 5.74) is 5.22. The van der Waals surface area contributed by atoms with Gasteiger partial charge in [0.25, 0.3) is 0 Å². The molecule has 3 nitrogen and oxygen atoms in total. The van der Waals surface area contributed by atoms with E-state index >= 15 is 0 Å². The van der Waals surface area contributed by atoms with Gasteiger partial charge < -0.3 is 16.2 Å². The molecule has 90 valence electrons. The van der Waals surface area contributed by atoms with Crippen LogP contribution >= 0.6 is 0 Å². The van der Waals surface area contributed by atoms with E-state index in [0.29, 0.717) is 6.54 Å². The van der Waals surface area contributed by atoms with Crippen molar-refractivity contribution < 1.29 is 5.11 Å². The van der Waals surface area contributed by atoms with Crippen molar-refractivity contribution in [1.82, 2.24) is 5.32 Å². The highest BCUT2D eigenvalue weighted by molar-refractivity contribution is 4.51. The maximum absolute atomic E-state index is 8.78. The van der Waals surface area contributed by atoms with Crippen LogP contribution in [0.3, 0.4) is 0 Å². The van der Waals surface area contributed by atoms with E-state index in [9.17, 15) is 0 Å². The lowest BCUT2D eigenvalue weighted by Gasteiger charge is -2.03. The molecule has 0 saturated carbocycles. The van der Waals surface area contributed by atoms with Crippen LogP contribution in [0.4, 0.5) is 0 Å². The summed E-state index contributed by atoms with van der Waals surface area (Å²) in [6, 6.07) is 0. The molecule has 0 radical (unpaired) electrons. The Labute approximate surface area is 90.1 Å². The van der Waals surface area contributed by atoms with Crippen LogP contribution in [0.25, 0.3) is 0 Å². The van der Waals surface area contributed by atoms with Gasteiger partial charge in [-0.3, -0.25) is 0 Å². The zero-order valence-corrected chi connectivity index (χ0v) is 10.6. The molecule has 0 heterocycles. The van der Waals surface area contributed by atoms with Crippen LogP contribution in [-0.2, 0) is 0 Å². The van der Waals surface area contributed by atoms with Crippen LogP contribution in [0.1, 0.15) is 47.5 Å². The van der Waals surface area contributed by atoms with Gasteiger partial charge >= 0.3 is 0 Å². The molecule has 0 saturated heterocycles. The Bertz CT molecular complexity index is 68.3.